The Morgan fingerprint density at radius 2 is 1.66 bits per heavy atom. The SMILES string of the molecule is CC(C(=O)NCC(O)CNC(=O)[C@H](C)N)c1ccccc1Cc1cccc(O)c1. The second-order valence-corrected chi connectivity index (χ2v) is 7.20. The van der Waals surface area contributed by atoms with Crippen molar-refractivity contribution in [3.8, 4) is 5.75 Å². The zero-order valence-corrected chi connectivity index (χ0v) is 16.8. The number of carbonyl (C=O) groups excluding carboxylic acids is 2. The number of aliphatic hydroxyl groups excluding tert-OH is 1. The van der Waals surface area contributed by atoms with Crippen molar-refractivity contribution >= 4 is 11.8 Å². The van der Waals surface area contributed by atoms with Gasteiger partial charge in [-0.05, 0) is 49.1 Å². The van der Waals surface area contributed by atoms with Crippen molar-refractivity contribution in [3.05, 3.63) is 65.2 Å². The standard InChI is InChI=1S/C22H29N3O4/c1-14(21(28)24-12-19(27)13-25-22(29)15(2)23)20-9-4-3-7-17(20)10-16-6-5-8-18(26)11-16/h3-9,11,14-15,19,26-27H,10,12-13,23H2,1-2H3,(H,24,28)(H,25,29)/t14?,15-,19?/m0/s1. The van der Waals surface area contributed by atoms with Gasteiger partial charge in [0.1, 0.15) is 5.75 Å². The molecule has 3 atom stereocenters. The molecule has 0 aliphatic carbocycles. The van der Waals surface area contributed by atoms with E-state index in [0.717, 1.165) is 16.7 Å². The Morgan fingerprint density at radius 3 is 2.31 bits per heavy atom. The maximum atomic E-state index is 12.6. The largest absolute Gasteiger partial charge is 0.508 e. The molecule has 2 amide bonds. The summed E-state index contributed by atoms with van der Waals surface area (Å²) in [7, 11) is 0. The lowest BCUT2D eigenvalue weighted by Crippen LogP contribution is -2.45. The first-order valence-electron chi connectivity index (χ1n) is 9.62. The monoisotopic (exact) mass is 399 g/mol. The van der Waals surface area contributed by atoms with Gasteiger partial charge in [0.25, 0.3) is 0 Å². The number of amides is 2. The van der Waals surface area contributed by atoms with Crippen molar-refractivity contribution in [2.24, 2.45) is 5.73 Å². The van der Waals surface area contributed by atoms with E-state index in [1.54, 1.807) is 32.0 Å². The van der Waals surface area contributed by atoms with E-state index in [4.69, 9.17) is 5.73 Å². The molecule has 0 radical (unpaired) electrons. The summed E-state index contributed by atoms with van der Waals surface area (Å²) < 4.78 is 0. The Bertz CT molecular complexity index is 838. The summed E-state index contributed by atoms with van der Waals surface area (Å²) in [6.45, 7) is 3.40. The molecule has 2 aromatic rings. The summed E-state index contributed by atoms with van der Waals surface area (Å²) in [6, 6.07) is 14.0. The number of carbonyl (C=O) groups is 2. The molecule has 7 heteroatoms. The number of aromatic hydroxyl groups is 1. The number of phenols is 1. The Hall–Kier alpha value is -2.90. The summed E-state index contributed by atoms with van der Waals surface area (Å²) in [5.74, 6) is -0.791. The second kappa shape index (κ2) is 10.6. The van der Waals surface area contributed by atoms with Gasteiger partial charge in [-0.2, -0.15) is 0 Å². The predicted molar refractivity (Wildman–Crippen MR) is 111 cm³/mol. The van der Waals surface area contributed by atoms with Gasteiger partial charge in [-0.1, -0.05) is 36.4 Å². The minimum absolute atomic E-state index is 0.0170. The molecule has 0 heterocycles. The normalized spacial score (nSPS) is 13.9. The van der Waals surface area contributed by atoms with Gasteiger partial charge in [0.05, 0.1) is 18.1 Å². The highest BCUT2D eigenvalue weighted by Gasteiger charge is 2.19. The summed E-state index contributed by atoms with van der Waals surface area (Å²) in [4.78, 5) is 24.0. The lowest BCUT2D eigenvalue weighted by atomic mass is 9.91. The van der Waals surface area contributed by atoms with Crippen molar-refractivity contribution in [1.82, 2.24) is 10.6 Å². The molecular weight excluding hydrogens is 370 g/mol. The molecule has 0 saturated heterocycles. The van der Waals surface area contributed by atoms with Gasteiger partial charge < -0.3 is 26.6 Å². The van der Waals surface area contributed by atoms with Crippen LogP contribution in [0.4, 0.5) is 0 Å². The van der Waals surface area contributed by atoms with Crippen LogP contribution in [0, 0.1) is 0 Å². The average Bonchev–Trinajstić information content (AvgIpc) is 2.70. The van der Waals surface area contributed by atoms with E-state index in [9.17, 15) is 19.8 Å². The molecule has 0 aromatic heterocycles. The maximum Gasteiger partial charge on any atom is 0.236 e. The summed E-state index contributed by atoms with van der Waals surface area (Å²) in [5, 5.41) is 24.9. The molecule has 6 N–H and O–H groups in total. The molecule has 2 rings (SSSR count). The van der Waals surface area contributed by atoms with Crippen molar-refractivity contribution in [1.29, 1.82) is 0 Å². The van der Waals surface area contributed by atoms with E-state index in [2.05, 4.69) is 10.6 Å². The van der Waals surface area contributed by atoms with Crippen LogP contribution in [0.15, 0.2) is 48.5 Å². The average molecular weight is 399 g/mol. The Kier molecular flexibility index (Phi) is 8.18. The third kappa shape index (κ3) is 6.89. The van der Waals surface area contributed by atoms with Crippen LogP contribution in [-0.2, 0) is 16.0 Å². The molecule has 7 nitrogen and oxygen atoms in total. The number of hydrogen-bond acceptors (Lipinski definition) is 5. The lowest BCUT2D eigenvalue weighted by molar-refractivity contribution is -0.122. The van der Waals surface area contributed by atoms with Crippen LogP contribution in [0.1, 0.15) is 36.5 Å². The Balaban J connectivity index is 1.96. The quantitative estimate of drug-likeness (QED) is 0.431. The zero-order chi connectivity index (χ0) is 21.4. The summed E-state index contributed by atoms with van der Waals surface area (Å²) in [6.07, 6.45) is -0.315. The van der Waals surface area contributed by atoms with E-state index in [-0.39, 0.29) is 30.7 Å². The van der Waals surface area contributed by atoms with E-state index >= 15 is 0 Å². The van der Waals surface area contributed by atoms with Crippen LogP contribution in [0.2, 0.25) is 0 Å². The number of hydrogen-bond donors (Lipinski definition) is 5. The molecule has 0 aliphatic heterocycles. The molecule has 0 fully saturated rings. The van der Waals surface area contributed by atoms with Gasteiger partial charge in [-0.3, -0.25) is 9.59 Å². The van der Waals surface area contributed by atoms with Gasteiger partial charge in [0.2, 0.25) is 11.8 Å². The first-order valence-corrected chi connectivity index (χ1v) is 9.62. The van der Waals surface area contributed by atoms with Crippen LogP contribution < -0.4 is 16.4 Å². The number of rotatable bonds is 9. The second-order valence-electron chi connectivity index (χ2n) is 7.20. The fourth-order valence-electron chi connectivity index (χ4n) is 2.97. The molecule has 2 unspecified atom stereocenters. The zero-order valence-electron chi connectivity index (χ0n) is 16.8. The van der Waals surface area contributed by atoms with Crippen LogP contribution >= 0.6 is 0 Å². The fraction of sp³-hybridized carbons (Fsp3) is 0.364. The van der Waals surface area contributed by atoms with Gasteiger partial charge in [0.15, 0.2) is 0 Å². The number of aliphatic hydroxyl groups is 1. The molecule has 2 aromatic carbocycles. The van der Waals surface area contributed by atoms with Crippen molar-refractivity contribution in [2.75, 3.05) is 13.1 Å². The van der Waals surface area contributed by atoms with Gasteiger partial charge in [-0.25, -0.2) is 0 Å². The van der Waals surface area contributed by atoms with Crippen LogP contribution in [0.3, 0.4) is 0 Å². The molecule has 0 bridgehead atoms. The first-order chi connectivity index (χ1) is 13.8. The highest BCUT2D eigenvalue weighted by Crippen LogP contribution is 2.24. The highest BCUT2D eigenvalue weighted by molar-refractivity contribution is 5.83. The van der Waals surface area contributed by atoms with E-state index in [1.807, 2.05) is 30.3 Å². The van der Waals surface area contributed by atoms with E-state index < -0.39 is 18.1 Å². The summed E-state index contributed by atoms with van der Waals surface area (Å²) in [5.41, 5.74) is 8.27. The van der Waals surface area contributed by atoms with Crippen LogP contribution in [0.25, 0.3) is 0 Å². The highest BCUT2D eigenvalue weighted by atomic mass is 16.3. The first kappa shape index (κ1) is 22.4. The lowest BCUT2D eigenvalue weighted by Gasteiger charge is -2.19. The smallest absolute Gasteiger partial charge is 0.236 e. The van der Waals surface area contributed by atoms with Crippen LogP contribution in [-0.4, -0.2) is 47.3 Å². The molecule has 0 spiro atoms. The Labute approximate surface area is 170 Å². The fourth-order valence-corrected chi connectivity index (χ4v) is 2.97. The third-order valence-corrected chi connectivity index (χ3v) is 4.66. The van der Waals surface area contributed by atoms with Gasteiger partial charge in [0, 0.05) is 13.1 Å². The molecule has 156 valence electrons. The number of benzene rings is 2. The van der Waals surface area contributed by atoms with E-state index in [1.165, 1.54) is 0 Å². The van der Waals surface area contributed by atoms with Crippen molar-refractivity contribution in [3.63, 3.8) is 0 Å². The number of nitrogens with two attached hydrogens (primary N) is 1. The van der Waals surface area contributed by atoms with Gasteiger partial charge >= 0.3 is 0 Å². The van der Waals surface area contributed by atoms with E-state index in [0.29, 0.717) is 6.42 Å². The topological polar surface area (TPSA) is 125 Å². The molecular formula is C22H29N3O4. The third-order valence-electron chi connectivity index (χ3n) is 4.66. The maximum absolute atomic E-state index is 12.6. The van der Waals surface area contributed by atoms with Gasteiger partial charge in [-0.15, -0.1) is 0 Å². The number of nitrogens with one attached hydrogen (secondary N) is 2. The van der Waals surface area contributed by atoms with Crippen molar-refractivity contribution < 1.29 is 19.8 Å². The molecule has 0 saturated carbocycles. The number of phenolic OH excluding ortho intramolecular Hbond substituents is 1. The van der Waals surface area contributed by atoms with Crippen LogP contribution in [0.5, 0.6) is 5.75 Å². The molecule has 0 aliphatic rings. The minimum atomic E-state index is -0.906. The summed E-state index contributed by atoms with van der Waals surface area (Å²) >= 11 is 0. The minimum Gasteiger partial charge on any atom is -0.508 e. The van der Waals surface area contributed by atoms with Crippen molar-refractivity contribution in [2.45, 2.75) is 38.3 Å². The predicted octanol–water partition coefficient (Wildman–Crippen LogP) is 1.03. The molecule has 29 heavy (non-hydrogen) atoms. The Morgan fingerprint density at radius 1 is 1.00 bits per heavy atom.